The first kappa shape index (κ1) is 14.3. The van der Waals surface area contributed by atoms with Crippen LogP contribution >= 0.6 is 0 Å². The maximum Gasteiger partial charge on any atom is 0.269 e. The summed E-state index contributed by atoms with van der Waals surface area (Å²) in [7, 11) is 0. The van der Waals surface area contributed by atoms with E-state index in [0.717, 1.165) is 5.56 Å². The molecule has 0 unspecified atom stereocenters. The van der Waals surface area contributed by atoms with Crippen molar-refractivity contribution < 1.29 is 9.59 Å². The van der Waals surface area contributed by atoms with Gasteiger partial charge in [0.05, 0.1) is 11.6 Å². The van der Waals surface area contributed by atoms with Crippen molar-refractivity contribution >= 4 is 11.8 Å². The second kappa shape index (κ2) is 6.35. The fraction of sp³-hybridized carbons (Fsp3) is 0.0625. The van der Waals surface area contributed by atoms with Gasteiger partial charge in [-0.05, 0) is 37.3 Å². The molecule has 2 aromatic carbocycles. The second-order valence-electron chi connectivity index (χ2n) is 4.47. The summed E-state index contributed by atoms with van der Waals surface area (Å²) in [5.41, 5.74) is 6.83. The summed E-state index contributed by atoms with van der Waals surface area (Å²) in [6, 6.07) is 15.1. The fourth-order valence-electron chi connectivity index (χ4n) is 1.69. The third-order valence-electron chi connectivity index (χ3n) is 2.86. The molecule has 21 heavy (non-hydrogen) atoms. The highest BCUT2D eigenvalue weighted by Gasteiger charge is 2.09. The molecule has 2 amide bonds. The molecule has 5 nitrogen and oxygen atoms in total. The molecule has 2 N–H and O–H groups in total. The first-order valence-corrected chi connectivity index (χ1v) is 6.27. The first-order valence-electron chi connectivity index (χ1n) is 6.27. The lowest BCUT2D eigenvalue weighted by Gasteiger charge is -2.07. The number of amides is 2. The Bertz CT molecular complexity index is 715. The molecule has 2 aromatic rings. The molecule has 0 bridgehead atoms. The standard InChI is InChI=1S/C16H13N3O2/c1-11-5-7-13(8-6-11)15(20)18-19-16(21)14-4-2-3-12(9-14)10-17/h2-9H,1H3,(H,18,20)(H,19,21). The molecule has 0 spiro atoms. The Kier molecular flexibility index (Phi) is 4.32. The minimum absolute atomic E-state index is 0.304. The Hall–Kier alpha value is -3.13. The topological polar surface area (TPSA) is 82.0 Å². The lowest BCUT2D eigenvalue weighted by molar-refractivity contribution is 0.0846. The van der Waals surface area contributed by atoms with Crippen LogP contribution in [0.1, 0.15) is 31.8 Å². The number of nitrogens with one attached hydrogen (secondary N) is 2. The van der Waals surface area contributed by atoms with Crippen molar-refractivity contribution in [3.8, 4) is 6.07 Å². The molecule has 0 aromatic heterocycles. The van der Waals surface area contributed by atoms with Gasteiger partial charge in [0.25, 0.3) is 11.8 Å². The Balaban J connectivity index is 1.99. The van der Waals surface area contributed by atoms with Gasteiger partial charge in [0.15, 0.2) is 0 Å². The van der Waals surface area contributed by atoms with Crippen molar-refractivity contribution in [3.63, 3.8) is 0 Å². The van der Waals surface area contributed by atoms with Gasteiger partial charge in [0.2, 0.25) is 0 Å². The number of hydrazine groups is 1. The Morgan fingerprint density at radius 2 is 1.57 bits per heavy atom. The Morgan fingerprint density at radius 3 is 2.19 bits per heavy atom. The number of hydrogen-bond donors (Lipinski definition) is 2. The smallest absolute Gasteiger partial charge is 0.267 e. The van der Waals surface area contributed by atoms with E-state index in [2.05, 4.69) is 10.9 Å². The molecule has 0 aliphatic heterocycles. The van der Waals surface area contributed by atoms with E-state index in [0.29, 0.717) is 16.7 Å². The summed E-state index contributed by atoms with van der Waals surface area (Å²) in [6.45, 7) is 1.92. The van der Waals surface area contributed by atoms with Crippen LogP contribution in [0.2, 0.25) is 0 Å². The quantitative estimate of drug-likeness (QED) is 0.824. The molecular formula is C16H13N3O2. The van der Waals surface area contributed by atoms with Gasteiger partial charge in [-0.1, -0.05) is 23.8 Å². The van der Waals surface area contributed by atoms with Gasteiger partial charge in [-0.3, -0.25) is 20.4 Å². The lowest BCUT2D eigenvalue weighted by atomic mass is 10.1. The van der Waals surface area contributed by atoms with Crippen LogP contribution in [0.4, 0.5) is 0 Å². The molecule has 0 saturated heterocycles. The minimum atomic E-state index is -0.479. The highest BCUT2D eigenvalue weighted by atomic mass is 16.2. The summed E-state index contributed by atoms with van der Waals surface area (Å²) in [4.78, 5) is 23.7. The molecule has 0 aliphatic rings. The average molecular weight is 279 g/mol. The van der Waals surface area contributed by atoms with E-state index < -0.39 is 11.8 Å². The number of nitriles is 1. The van der Waals surface area contributed by atoms with Gasteiger partial charge in [-0.2, -0.15) is 5.26 Å². The predicted molar refractivity (Wildman–Crippen MR) is 77.3 cm³/mol. The van der Waals surface area contributed by atoms with Crippen molar-refractivity contribution in [2.45, 2.75) is 6.92 Å². The summed E-state index contributed by atoms with van der Waals surface area (Å²) < 4.78 is 0. The van der Waals surface area contributed by atoms with E-state index in [9.17, 15) is 9.59 Å². The highest BCUT2D eigenvalue weighted by molar-refractivity contribution is 5.99. The summed E-state index contributed by atoms with van der Waals surface area (Å²) in [5, 5.41) is 8.78. The molecule has 104 valence electrons. The number of nitrogens with zero attached hydrogens (tertiary/aromatic N) is 1. The molecule has 5 heteroatoms. The molecule has 2 rings (SSSR count). The van der Waals surface area contributed by atoms with Gasteiger partial charge < -0.3 is 0 Å². The summed E-state index contributed by atoms with van der Waals surface area (Å²) >= 11 is 0. The SMILES string of the molecule is Cc1ccc(C(=O)NNC(=O)c2cccc(C#N)c2)cc1. The minimum Gasteiger partial charge on any atom is -0.267 e. The van der Waals surface area contributed by atoms with Crippen LogP contribution < -0.4 is 10.9 Å². The third-order valence-corrected chi connectivity index (χ3v) is 2.86. The Labute approximate surface area is 122 Å². The second-order valence-corrected chi connectivity index (χ2v) is 4.47. The van der Waals surface area contributed by atoms with Gasteiger partial charge in [0.1, 0.15) is 0 Å². The largest absolute Gasteiger partial charge is 0.269 e. The molecule has 0 radical (unpaired) electrons. The molecule has 0 aliphatic carbocycles. The highest BCUT2D eigenvalue weighted by Crippen LogP contribution is 2.04. The molecule has 0 heterocycles. The van der Waals surface area contributed by atoms with E-state index in [1.807, 2.05) is 25.1 Å². The molecule has 0 saturated carbocycles. The number of aryl methyl sites for hydroxylation is 1. The van der Waals surface area contributed by atoms with Crippen LogP contribution in [0, 0.1) is 18.3 Å². The molecule has 0 atom stereocenters. The normalized spacial score (nSPS) is 9.52. The van der Waals surface area contributed by atoms with E-state index in [1.165, 1.54) is 6.07 Å². The van der Waals surface area contributed by atoms with Gasteiger partial charge in [-0.25, -0.2) is 0 Å². The predicted octanol–water partition coefficient (Wildman–Crippen LogP) is 1.94. The van der Waals surface area contributed by atoms with Gasteiger partial charge >= 0.3 is 0 Å². The van der Waals surface area contributed by atoms with Gasteiger partial charge in [-0.15, -0.1) is 0 Å². The average Bonchev–Trinajstić information content (AvgIpc) is 2.53. The number of carbonyl (C=O) groups is 2. The van der Waals surface area contributed by atoms with E-state index in [1.54, 1.807) is 30.3 Å². The maximum absolute atomic E-state index is 11.9. The lowest BCUT2D eigenvalue weighted by Crippen LogP contribution is -2.41. The van der Waals surface area contributed by atoms with E-state index >= 15 is 0 Å². The zero-order valence-electron chi connectivity index (χ0n) is 11.4. The zero-order valence-corrected chi connectivity index (χ0v) is 11.4. The summed E-state index contributed by atoms with van der Waals surface area (Å²) in [5.74, 6) is -0.882. The van der Waals surface area contributed by atoms with Crippen molar-refractivity contribution in [3.05, 3.63) is 70.8 Å². The van der Waals surface area contributed by atoms with Crippen LogP contribution in [-0.2, 0) is 0 Å². The van der Waals surface area contributed by atoms with Crippen molar-refractivity contribution in [1.82, 2.24) is 10.9 Å². The van der Waals surface area contributed by atoms with E-state index in [4.69, 9.17) is 5.26 Å². The molecule has 0 fully saturated rings. The maximum atomic E-state index is 11.9. The first-order chi connectivity index (χ1) is 10.1. The molecular weight excluding hydrogens is 266 g/mol. The van der Waals surface area contributed by atoms with Gasteiger partial charge in [0, 0.05) is 11.1 Å². The summed E-state index contributed by atoms with van der Waals surface area (Å²) in [6.07, 6.45) is 0. The van der Waals surface area contributed by atoms with Crippen molar-refractivity contribution in [2.24, 2.45) is 0 Å². The van der Waals surface area contributed by atoms with Crippen molar-refractivity contribution in [1.29, 1.82) is 5.26 Å². The zero-order chi connectivity index (χ0) is 15.2. The monoisotopic (exact) mass is 279 g/mol. The van der Waals surface area contributed by atoms with Crippen molar-refractivity contribution in [2.75, 3.05) is 0 Å². The number of rotatable bonds is 2. The third kappa shape index (κ3) is 3.67. The van der Waals surface area contributed by atoms with Crippen LogP contribution in [0.5, 0.6) is 0 Å². The fourth-order valence-corrected chi connectivity index (χ4v) is 1.69. The number of benzene rings is 2. The Morgan fingerprint density at radius 1 is 0.952 bits per heavy atom. The van der Waals surface area contributed by atoms with Crippen LogP contribution in [-0.4, -0.2) is 11.8 Å². The van der Waals surface area contributed by atoms with Crippen LogP contribution in [0.3, 0.4) is 0 Å². The van der Waals surface area contributed by atoms with E-state index in [-0.39, 0.29) is 0 Å². The van der Waals surface area contributed by atoms with Crippen LogP contribution in [0.15, 0.2) is 48.5 Å². The number of carbonyl (C=O) groups excluding carboxylic acids is 2. The van der Waals surface area contributed by atoms with Crippen LogP contribution in [0.25, 0.3) is 0 Å². The number of hydrogen-bond acceptors (Lipinski definition) is 3.